The standard InChI is InChI=1S/C6H9N3S/c1-3-4(7)2-5(8)6(10)9-3/h2H,7-8H2,1H3,(H,9,10). The van der Waals surface area contributed by atoms with Crippen LogP contribution in [-0.4, -0.2) is 4.98 Å². The molecular formula is C6H9N3S. The van der Waals surface area contributed by atoms with E-state index in [0.717, 1.165) is 5.69 Å². The van der Waals surface area contributed by atoms with Crippen molar-refractivity contribution in [3.05, 3.63) is 11.8 Å². The molecule has 0 aromatic carbocycles. The lowest BCUT2D eigenvalue weighted by atomic mass is 10.3. The molecule has 1 aromatic rings. The van der Waals surface area contributed by atoms with Gasteiger partial charge in [0, 0.05) is 0 Å². The third-order valence-corrected chi connectivity index (χ3v) is 1.62. The van der Waals surface area contributed by atoms with Crippen molar-refractivity contribution < 1.29 is 0 Å². The number of pyridine rings is 1. The highest BCUT2D eigenvalue weighted by Gasteiger charge is 1.99. The fourth-order valence-corrected chi connectivity index (χ4v) is 0.839. The Hall–Kier alpha value is -0.900. The monoisotopic (exact) mass is 155 g/mol. The Bertz CT molecular complexity index is 209. The highest BCUT2D eigenvalue weighted by atomic mass is 32.1. The number of nitrogens with zero attached hydrogens (tertiary/aromatic N) is 1. The molecule has 3 nitrogen and oxygen atoms in total. The molecule has 0 aliphatic carbocycles. The molecule has 1 aromatic heterocycles. The second-order valence-electron chi connectivity index (χ2n) is 2.08. The average Bonchev–Trinajstić information content (AvgIpc) is 1.84. The first-order valence-electron chi connectivity index (χ1n) is 2.83. The molecule has 0 fully saturated rings. The minimum atomic E-state index is 0.520. The minimum absolute atomic E-state index is 0.520. The summed E-state index contributed by atoms with van der Waals surface area (Å²) in [6.07, 6.45) is 0. The zero-order chi connectivity index (χ0) is 7.72. The van der Waals surface area contributed by atoms with Gasteiger partial charge in [0.15, 0.2) is 0 Å². The van der Waals surface area contributed by atoms with Crippen molar-refractivity contribution in [2.75, 3.05) is 11.5 Å². The first-order chi connectivity index (χ1) is 4.61. The number of nitrogen functional groups attached to an aromatic ring is 2. The van der Waals surface area contributed by atoms with E-state index in [1.54, 1.807) is 6.07 Å². The van der Waals surface area contributed by atoms with Gasteiger partial charge in [0.2, 0.25) is 0 Å². The first-order valence-corrected chi connectivity index (χ1v) is 3.27. The molecule has 1 rings (SSSR count). The number of thiol groups is 1. The van der Waals surface area contributed by atoms with Gasteiger partial charge >= 0.3 is 0 Å². The molecule has 0 spiro atoms. The maximum atomic E-state index is 5.51. The maximum absolute atomic E-state index is 5.51. The molecule has 0 aliphatic rings. The molecule has 0 saturated carbocycles. The van der Waals surface area contributed by atoms with Crippen molar-refractivity contribution in [1.29, 1.82) is 0 Å². The van der Waals surface area contributed by atoms with E-state index in [1.165, 1.54) is 0 Å². The van der Waals surface area contributed by atoms with Crippen LogP contribution in [0.3, 0.4) is 0 Å². The predicted molar refractivity (Wildman–Crippen MR) is 45.1 cm³/mol. The quantitative estimate of drug-likeness (QED) is 0.486. The van der Waals surface area contributed by atoms with Gasteiger partial charge in [-0.05, 0) is 13.0 Å². The van der Waals surface area contributed by atoms with Gasteiger partial charge < -0.3 is 11.5 Å². The molecule has 0 aliphatic heterocycles. The predicted octanol–water partition coefficient (Wildman–Crippen LogP) is 0.843. The lowest BCUT2D eigenvalue weighted by molar-refractivity contribution is 1.08. The number of nitrogens with two attached hydrogens (primary N) is 2. The van der Waals surface area contributed by atoms with Crippen LogP contribution >= 0.6 is 12.6 Å². The van der Waals surface area contributed by atoms with Crippen LogP contribution < -0.4 is 11.5 Å². The molecule has 0 amide bonds. The molecular weight excluding hydrogens is 146 g/mol. The number of aryl methyl sites for hydroxylation is 1. The van der Waals surface area contributed by atoms with Gasteiger partial charge in [0.1, 0.15) is 5.03 Å². The third kappa shape index (κ3) is 1.16. The van der Waals surface area contributed by atoms with Gasteiger partial charge in [0.05, 0.1) is 17.1 Å². The third-order valence-electron chi connectivity index (χ3n) is 1.26. The fourth-order valence-electron chi connectivity index (χ4n) is 0.624. The Morgan fingerprint density at radius 2 is 2.00 bits per heavy atom. The molecule has 0 unspecified atom stereocenters. The van der Waals surface area contributed by atoms with Crippen molar-refractivity contribution in [1.82, 2.24) is 4.98 Å². The molecule has 4 N–H and O–H groups in total. The summed E-state index contributed by atoms with van der Waals surface area (Å²) >= 11 is 4.02. The van der Waals surface area contributed by atoms with E-state index in [2.05, 4.69) is 17.6 Å². The van der Waals surface area contributed by atoms with Crippen LogP contribution in [0.4, 0.5) is 11.4 Å². The van der Waals surface area contributed by atoms with E-state index in [-0.39, 0.29) is 0 Å². The van der Waals surface area contributed by atoms with E-state index >= 15 is 0 Å². The summed E-state index contributed by atoms with van der Waals surface area (Å²) in [5, 5.41) is 0.534. The Kier molecular flexibility index (Phi) is 1.72. The van der Waals surface area contributed by atoms with Gasteiger partial charge in [-0.2, -0.15) is 0 Å². The summed E-state index contributed by atoms with van der Waals surface area (Å²) in [5.41, 5.74) is 12.9. The summed E-state index contributed by atoms with van der Waals surface area (Å²) in [7, 11) is 0. The van der Waals surface area contributed by atoms with E-state index in [4.69, 9.17) is 11.5 Å². The molecule has 4 heteroatoms. The van der Waals surface area contributed by atoms with Crippen LogP contribution in [-0.2, 0) is 0 Å². The van der Waals surface area contributed by atoms with Crippen LogP contribution in [0, 0.1) is 6.92 Å². The molecule has 54 valence electrons. The topological polar surface area (TPSA) is 64.9 Å². The number of hydrogen-bond donors (Lipinski definition) is 3. The number of rotatable bonds is 0. The number of aromatic nitrogens is 1. The largest absolute Gasteiger partial charge is 0.397 e. The number of hydrogen-bond acceptors (Lipinski definition) is 4. The fraction of sp³-hybridized carbons (Fsp3) is 0.167. The Morgan fingerprint density at radius 1 is 1.40 bits per heavy atom. The van der Waals surface area contributed by atoms with Crippen molar-refractivity contribution >= 4 is 24.0 Å². The summed E-state index contributed by atoms with van der Waals surface area (Å²) in [5.74, 6) is 0. The second kappa shape index (κ2) is 2.38. The van der Waals surface area contributed by atoms with Crippen molar-refractivity contribution in [3.8, 4) is 0 Å². The van der Waals surface area contributed by atoms with Gasteiger partial charge in [-0.15, -0.1) is 12.6 Å². The van der Waals surface area contributed by atoms with Crippen LogP contribution in [0.1, 0.15) is 5.69 Å². The molecule has 10 heavy (non-hydrogen) atoms. The Balaban J connectivity index is 3.28. The second-order valence-corrected chi connectivity index (χ2v) is 2.50. The van der Waals surface area contributed by atoms with Crippen LogP contribution in [0.25, 0.3) is 0 Å². The summed E-state index contributed by atoms with van der Waals surface area (Å²) in [6, 6.07) is 1.66. The van der Waals surface area contributed by atoms with Crippen molar-refractivity contribution in [2.24, 2.45) is 0 Å². The zero-order valence-corrected chi connectivity index (χ0v) is 6.52. The van der Waals surface area contributed by atoms with E-state index in [0.29, 0.717) is 16.4 Å². The van der Waals surface area contributed by atoms with Gasteiger partial charge in [0.25, 0.3) is 0 Å². The SMILES string of the molecule is Cc1nc(S)c(N)cc1N. The molecule has 0 bridgehead atoms. The summed E-state index contributed by atoms with van der Waals surface area (Å²) < 4.78 is 0. The lowest BCUT2D eigenvalue weighted by Gasteiger charge is -2.02. The van der Waals surface area contributed by atoms with Crippen molar-refractivity contribution in [2.45, 2.75) is 11.9 Å². The Morgan fingerprint density at radius 3 is 2.50 bits per heavy atom. The van der Waals surface area contributed by atoms with Gasteiger partial charge in [-0.3, -0.25) is 0 Å². The van der Waals surface area contributed by atoms with Gasteiger partial charge in [-0.25, -0.2) is 4.98 Å². The van der Waals surface area contributed by atoms with Crippen LogP contribution in [0.2, 0.25) is 0 Å². The average molecular weight is 155 g/mol. The normalized spacial score (nSPS) is 9.80. The maximum Gasteiger partial charge on any atom is 0.116 e. The minimum Gasteiger partial charge on any atom is -0.397 e. The highest BCUT2D eigenvalue weighted by Crippen LogP contribution is 2.18. The summed E-state index contributed by atoms with van der Waals surface area (Å²) in [4.78, 5) is 3.99. The highest BCUT2D eigenvalue weighted by molar-refractivity contribution is 7.80. The van der Waals surface area contributed by atoms with Crippen LogP contribution in [0.15, 0.2) is 11.1 Å². The van der Waals surface area contributed by atoms with Crippen molar-refractivity contribution in [3.63, 3.8) is 0 Å². The van der Waals surface area contributed by atoms with E-state index < -0.39 is 0 Å². The first kappa shape index (κ1) is 7.21. The molecule has 0 saturated heterocycles. The lowest BCUT2D eigenvalue weighted by Crippen LogP contribution is -1.97. The zero-order valence-electron chi connectivity index (χ0n) is 5.63. The molecule has 0 radical (unpaired) electrons. The molecule has 1 heterocycles. The summed E-state index contributed by atoms with van der Waals surface area (Å²) in [6.45, 7) is 1.81. The smallest absolute Gasteiger partial charge is 0.116 e. The van der Waals surface area contributed by atoms with Gasteiger partial charge in [-0.1, -0.05) is 0 Å². The number of anilines is 2. The van der Waals surface area contributed by atoms with Crippen LogP contribution in [0.5, 0.6) is 0 Å². The molecule has 0 atom stereocenters. The Labute approximate surface area is 64.9 Å². The van der Waals surface area contributed by atoms with E-state index in [1.807, 2.05) is 6.92 Å². The van der Waals surface area contributed by atoms with E-state index in [9.17, 15) is 0 Å².